The minimum absolute atomic E-state index is 0.0505. The maximum atomic E-state index is 16.4. The molecule has 5 rings (SSSR count). The molecule has 1 aliphatic heterocycles. The number of aromatic nitrogens is 1. The third kappa shape index (κ3) is 4.54. The minimum Gasteiger partial charge on any atom is -0.465 e. The van der Waals surface area contributed by atoms with Crippen molar-refractivity contribution in [1.82, 2.24) is 5.16 Å². The van der Waals surface area contributed by atoms with Crippen LogP contribution < -0.4 is 4.74 Å². The molecule has 2 aliphatic rings. The second kappa shape index (κ2) is 9.76. The Bertz CT molecular complexity index is 1280. The molecule has 3 unspecified atom stereocenters. The van der Waals surface area contributed by atoms with Crippen LogP contribution in [0.3, 0.4) is 0 Å². The summed E-state index contributed by atoms with van der Waals surface area (Å²) in [4.78, 5) is 11.1. The molecular weight excluding hydrogens is 476 g/mol. The number of benzene rings is 2. The standard InChI is InChI=1S/C27H22ClF2NO4/c28-21-6-2-1-5-20(21)25-24(27(30)13-12-17(16-32)15-22(27)29)26(35-31-25)18-8-10-19(11-9-18)34-23-7-3-4-14-33-23/h1-2,5-6,8-13,15-16,22-23H,3-4,7,14H2. The molecule has 0 N–H and O–H groups in total. The van der Waals surface area contributed by atoms with Gasteiger partial charge in [0.15, 0.2) is 23.9 Å². The monoisotopic (exact) mass is 497 g/mol. The molecule has 1 aliphatic carbocycles. The van der Waals surface area contributed by atoms with Crippen molar-refractivity contribution in [1.29, 1.82) is 0 Å². The van der Waals surface area contributed by atoms with E-state index in [9.17, 15) is 4.79 Å². The summed E-state index contributed by atoms with van der Waals surface area (Å²) in [6.07, 6.45) is 4.09. The Kier molecular flexibility index (Phi) is 6.54. The van der Waals surface area contributed by atoms with E-state index in [1.54, 1.807) is 48.5 Å². The molecule has 3 atom stereocenters. The molecule has 2 heterocycles. The molecule has 0 radical (unpaired) electrons. The SMILES string of the molecule is O=CC1=CC(F)C(F)(c2c(-c3ccccc3Cl)noc2-c2ccc(OC3CCCCO3)cc2)C=C1. The Labute approximate surface area is 206 Å². The topological polar surface area (TPSA) is 61.6 Å². The van der Waals surface area contributed by atoms with Crippen LogP contribution in [0.2, 0.25) is 5.02 Å². The summed E-state index contributed by atoms with van der Waals surface area (Å²) in [5, 5.41) is 4.40. The van der Waals surface area contributed by atoms with Crippen molar-refractivity contribution in [2.45, 2.75) is 37.4 Å². The van der Waals surface area contributed by atoms with Crippen molar-refractivity contribution >= 4 is 17.9 Å². The van der Waals surface area contributed by atoms with Crippen LogP contribution in [0, 0.1) is 0 Å². The number of hydrogen-bond donors (Lipinski definition) is 0. The zero-order valence-corrected chi connectivity index (χ0v) is 19.4. The summed E-state index contributed by atoms with van der Waals surface area (Å²) in [5.41, 5.74) is -1.74. The van der Waals surface area contributed by atoms with Gasteiger partial charge < -0.3 is 14.0 Å². The minimum atomic E-state index is -2.64. The number of carbonyl (C=O) groups is 1. The van der Waals surface area contributed by atoms with Gasteiger partial charge in [-0.25, -0.2) is 8.78 Å². The van der Waals surface area contributed by atoms with Crippen LogP contribution in [-0.2, 0) is 15.2 Å². The lowest BCUT2D eigenvalue weighted by Gasteiger charge is -2.27. The Balaban J connectivity index is 1.57. The lowest BCUT2D eigenvalue weighted by atomic mass is 9.82. The molecule has 35 heavy (non-hydrogen) atoms. The van der Waals surface area contributed by atoms with Crippen LogP contribution >= 0.6 is 11.6 Å². The predicted molar refractivity (Wildman–Crippen MR) is 128 cm³/mol. The zero-order chi connectivity index (χ0) is 24.4. The van der Waals surface area contributed by atoms with Gasteiger partial charge in [-0.15, -0.1) is 0 Å². The first-order chi connectivity index (χ1) is 17.0. The summed E-state index contributed by atoms with van der Waals surface area (Å²) in [6.45, 7) is 0.658. The molecule has 0 spiro atoms. The zero-order valence-electron chi connectivity index (χ0n) is 18.6. The van der Waals surface area contributed by atoms with Crippen molar-refractivity contribution in [2.24, 2.45) is 0 Å². The molecular formula is C27H22ClF2NO4. The van der Waals surface area contributed by atoms with Crippen LogP contribution in [0.1, 0.15) is 24.8 Å². The molecule has 0 saturated carbocycles. The van der Waals surface area contributed by atoms with Crippen molar-refractivity contribution in [3.05, 3.63) is 82.9 Å². The molecule has 0 bridgehead atoms. The highest BCUT2D eigenvalue weighted by Gasteiger charge is 2.46. The fraction of sp³-hybridized carbons (Fsp3) is 0.259. The van der Waals surface area contributed by atoms with Crippen LogP contribution in [0.15, 0.2) is 76.9 Å². The molecule has 5 nitrogen and oxygen atoms in total. The van der Waals surface area contributed by atoms with E-state index < -0.39 is 11.8 Å². The Hall–Kier alpha value is -3.29. The van der Waals surface area contributed by atoms with Gasteiger partial charge in [0.1, 0.15) is 17.7 Å². The Morgan fingerprint density at radius 1 is 1.14 bits per heavy atom. The van der Waals surface area contributed by atoms with Crippen molar-refractivity contribution < 1.29 is 27.6 Å². The predicted octanol–water partition coefficient (Wildman–Crippen LogP) is 6.77. The number of carbonyl (C=O) groups excluding carboxylic acids is 1. The summed E-state index contributed by atoms with van der Waals surface area (Å²) < 4.78 is 48.8. The third-order valence-corrected chi connectivity index (χ3v) is 6.45. The molecule has 8 heteroatoms. The van der Waals surface area contributed by atoms with E-state index in [-0.39, 0.29) is 28.9 Å². The van der Waals surface area contributed by atoms with Gasteiger partial charge in [0.25, 0.3) is 0 Å². The summed E-state index contributed by atoms with van der Waals surface area (Å²) in [5.74, 6) is 0.639. The highest BCUT2D eigenvalue weighted by atomic mass is 35.5. The fourth-order valence-corrected chi connectivity index (χ4v) is 4.50. The second-order valence-corrected chi connectivity index (χ2v) is 8.85. The molecule has 1 fully saturated rings. The quantitative estimate of drug-likeness (QED) is 0.352. The molecule has 1 aromatic heterocycles. The van der Waals surface area contributed by atoms with Gasteiger partial charge in [0.2, 0.25) is 0 Å². The van der Waals surface area contributed by atoms with Gasteiger partial charge in [-0.3, -0.25) is 4.79 Å². The van der Waals surface area contributed by atoms with E-state index in [0.717, 1.165) is 31.4 Å². The highest BCUT2D eigenvalue weighted by Crippen LogP contribution is 2.48. The van der Waals surface area contributed by atoms with Crippen LogP contribution in [-0.4, -0.2) is 30.5 Å². The molecule has 0 amide bonds. The van der Waals surface area contributed by atoms with Gasteiger partial charge in [-0.05, 0) is 55.3 Å². The maximum absolute atomic E-state index is 16.4. The normalized spacial score (nSPS) is 24.1. The summed E-state index contributed by atoms with van der Waals surface area (Å²) in [7, 11) is 0. The van der Waals surface area contributed by atoms with Crippen LogP contribution in [0.25, 0.3) is 22.6 Å². The summed E-state index contributed by atoms with van der Waals surface area (Å²) in [6, 6.07) is 13.5. The average molecular weight is 498 g/mol. The number of hydrogen-bond acceptors (Lipinski definition) is 5. The number of allylic oxidation sites excluding steroid dienone is 4. The van der Waals surface area contributed by atoms with E-state index in [1.807, 2.05) is 0 Å². The van der Waals surface area contributed by atoms with Gasteiger partial charge in [0, 0.05) is 23.1 Å². The van der Waals surface area contributed by atoms with E-state index >= 15 is 8.78 Å². The molecule has 3 aromatic rings. The first-order valence-electron chi connectivity index (χ1n) is 11.3. The summed E-state index contributed by atoms with van der Waals surface area (Å²) >= 11 is 6.36. The number of alkyl halides is 2. The van der Waals surface area contributed by atoms with E-state index in [2.05, 4.69) is 5.16 Å². The Morgan fingerprint density at radius 3 is 2.63 bits per heavy atom. The number of halogens is 3. The molecule has 1 saturated heterocycles. The molecule has 180 valence electrons. The number of aldehydes is 1. The fourth-order valence-electron chi connectivity index (χ4n) is 4.28. The lowest BCUT2D eigenvalue weighted by molar-refractivity contribution is -0.106. The smallest absolute Gasteiger partial charge is 0.199 e. The second-order valence-electron chi connectivity index (χ2n) is 8.44. The van der Waals surface area contributed by atoms with E-state index in [1.165, 1.54) is 6.08 Å². The average Bonchev–Trinajstić information content (AvgIpc) is 3.33. The lowest BCUT2D eigenvalue weighted by Crippen LogP contribution is -2.32. The first kappa shape index (κ1) is 23.5. The van der Waals surface area contributed by atoms with Gasteiger partial charge >= 0.3 is 0 Å². The largest absolute Gasteiger partial charge is 0.465 e. The van der Waals surface area contributed by atoms with E-state index in [4.69, 9.17) is 25.6 Å². The van der Waals surface area contributed by atoms with Gasteiger partial charge in [0.05, 0.1) is 17.2 Å². The van der Waals surface area contributed by atoms with Crippen LogP contribution in [0.5, 0.6) is 5.75 Å². The molecule has 2 aromatic carbocycles. The van der Waals surface area contributed by atoms with Gasteiger partial charge in [-0.2, -0.15) is 0 Å². The van der Waals surface area contributed by atoms with Crippen molar-refractivity contribution in [3.8, 4) is 28.3 Å². The van der Waals surface area contributed by atoms with E-state index in [0.29, 0.717) is 34.8 Å². The first-order valence-corrected chi connectivity index (χ1v) is 11.7. The number of ether oxygens (including phenoxy) is 2. The van der Waals surface area contributed by atoms with Gasteiger partial charge in [-0.1, -0.05) is 41.0 Å². The van der Waals surface area contributed by atoms with Crippen molar-refractivity contribution in [3.63, 3.8) is 0 Å². The maximum Gasteiger partial charge on any atom is 0.199 e. The number of nitrogens with zero attached hydrogens (tertiary/aromatic N) is 1. The number of rotatable bonds is 6. The van der Waals surface area contributed by atoms with Crippen molar-refractivity contribution in [2.75, 3.05) is 6.61 Å². The third-order valence-electron chi connectivity index (χ3n) is 6.12. The highest BCUT2D eigenvalue weighted by molar-refractivity contribution is 6.33. The Morgan fingerprint density at radius 2 is 1.94 bits per heavy atom. The van der Waals surface area contributed by atoms with Crippen LogP contribution in [0.4, 0.5) is 8.78 Å².